The van der Waals surface area contributed by atoms with Crippen LogP contribution in [0.1, 0.15) is 32.9 Å². The van der Waals surface area contributed by atoms with Crippen molar-refractivity contribution in [3.8, 4) is 0 Å². The van der Waals surface area contributed by atoms with Gasteiger partial charge in [0.1, 0.15) is 5.60 Å². The van der Waals surface area contributed by atoms with E-state index in [4.69, 9.17) is 9.47 Å². The molecule has 2 heterocycles. The summed E-state index contributed by atoms with van der Waals surface area (Å²) in [5.41, 5.74) is 0.277. The number of rotatable bonds is 5. The quantitative estimate of drug-likeness (QED) is 0.879. The molecule has 1 N–H and O–H groups in total. The second kappa shape index (κ2) is 8.29. The van der Waals surface area contributed by atoms with E-state index in [0.29, 0.717) is 19.6 Å². The highest BCUT2D eigenvalue weighted by molar-refractivity contribution is 5.79. The number of carbonyl (C=O) groups is 2. The molecular formula is C18H27N3O4. The maximum Gasteiger partial charge on any atom is 0.407 e. The van der Waals surface area contributed by atoms with Crippen LogP contribution in [0.25, 0.3) is 0 Å². The van der Waals surface area contributed by atoms with E-state index < -0.39 is 11.7 Å². The zero-order chi connectivity index (χ0) is 18.4. The van der Waals surface area contributed by atoms with Gasteiger partial charge in [0.25, 0.3) is 0 Å². The Morgan fingerprint density at radius 3 is 2.80 bits per heavy atom. The molecule has 2 atom stereocenters. The Morgan fingerprint density at radius 1 is 1.40 bits per heavy atom. The molecular weight excluding hydrogens is 322 g/mol. The molecule has 7 nitrogen and oxygen atoms in total. The van der Waals surface area contributed by atoms with Crippen LogP contribution in [0.2, 0.25) is 0 Å². The van der Waals surface area contributed by atoms with E-state index in [1.54, 1.807) is 38.9 Å². The Kier molecular flexibility index (Phi) is 6.36. The van der Waals surface area contributed by atoms with Gasteiger partial charge in [-0.1, -0.05) is 6.07 Å². The number of amides is 2. The average molecular weight is 349 g/mol. The van der Waals surface area contributed by atoms with Gasteiger partial charge in [-0.2, -0.15) is 0 Å². The maximum absolute atomic E-state index is 12.7. The lowest BCUT2D eigenvalue weighted by Crippen LogP contribution is -2.43. The molecule has 0 aromatic carbocycles. The summed E-state index contributed by atoms with van der Waals surface area (Å²) in [4.78, 5) is 30.4. The fraction of sp³-hybridized carbons (Fsp3) is 0.611. The van der Waals surface area contributed by atoms with E-state index in [0.717, 1.165) is 5.69 Å². The van der Waals surface area contributed by atoms with Crippen molar-refractivity contribution in [1.29, 1.82) is 0 Å². The van der Waals surface area contributed by atoms with Crippen LogP contribution in [-0.2, 0) is 20.8 Å². The summed E-state index contributed by atoms with van der Waals surface area (Å²) in [6.45, 7) is 6.62. The van der Waals surface area contributed by atoms with Gasteiger partial charge >= 0.3 is 6.09 Å². The Hall–Kier alpha value is -2.15. The third-order valence-electron chi connectivity index (χ3n) is 3.87. The number of nitrogens with zero attached hydrogens (tertiary/aromatic N) is 2. The molecule has 1 aliphatic rings. The topological polar surface area (TPSA) is 80.8 Å². The third-order valence-corrected chi connectivity index (χ3v) is 3.87. The van der Waals surface area contributed by atoms with Crippen molar-refractivity contribution in [1.82, 2.24) is 15.2 Å². The molecule has 25 heavy (non-hydrogen) atoms. The fourth-order valence-electron chi connectivity index (χ4n) is 2.73. The van der Waals surface area contributed by atoms with E-state index in [2.05, 4.69) is 10.3 Å². The highest BCUT2D eigenvalue weighted by Crippen LogP contribution is 2.23. The number of hydrogen-bond donors (Lipinski definition) is 1. The van der Waals surface area contributed by atoms with Crippen LogP contribution in [0, 0.1) is 5.92 Å². The molecule has 1 aliphatic heterocycles. The largest absolute Gasteiger partial charge is 0.444 e. The van der Waals surface area contributed by atoms with Gasteiger partial charge in [-0.3, -0.25) is 9.78 Å². The van der Waals surface area contributed by atoms with Crippen molar-refractivity contribution in [2.45, 2.75) is 45.4 Å². The van der Waals surface area contributed by atoms with Gasteiger partial charge in [0, 0.05) is 26.4 Å². The minimum absolute atomic E-state index is 0.000795. The molecule has 2 rings (SSSR count). The fourth-order valence-corrected chi connectivity index (χ4v) is 2.73. The summed E-state index contributed by atoms with van der Waals surface area (Å²) in [6.07, 6.45) is 1.51. The molecule has 138 valence electrons. The molecule has 0 bridgehead atoms. The Labute approximate surface area is 148 Å². The minimum atomic E-state index is -0.557. The predicted octanol–water partition coefficient (Wildman–Crippen LogP) is 1.97. The zero-order valence-corrected chi connectivity index (χ0v) is 15.3. The lowest BCUT2D eigenvalue weighted by molar-refractivity contribution is -0.136. The summed E-state index contributed by atoms with van der Waals surface area (Å²) >= 11 is 0. The van der Waals surface area contributed by atoms with Crippen molar-refractivity contribution < 1.29 is 19.1 Å². The second-order valence-electron chi connectivity index (χ2n) is 7.20. The molecule has 1 saturated heterocycles. The second-order valence-corrected chi connectivity index (χ2v) is 7.20. The van der Waals surface area contributed by atoms with Crippen molar-refractivity contribution in [3.05, 3.63) is 30.1 Å². The summed E-state index contributed by atoms with van der Waals surface area (Å²) in [5.74, 6) is -0.275. The van der Waals surface area contributed by atoms with Gasteiger partial charge in [0.05, 0.1) is 24.3 Å². The van der Waals surface area contributed by atoms with Gasteiger partial charge in [0.15, 0.2) is 0 Å². The standard InChI is InChI=1S/C18H27N3O4/c1-18(2,3)25-17(23)20-11-15-14(8-10-24-15)16(22)21(4)12-13-7-5-6-9-19-13/h5-7,9,14-15H,8,10-12H2,1-4H3,(H,20,23)/t14-,15+/m0/s1. The van der Waals surface area contributed by atoms with Gasteiger partial charge in [0.2, 0.25) is 5.91 Å². The molecule has 1 aromatic rings. The first-order valence-electron chi connectivity index (χ1n) is 8.49. The first kappa shape index (κ1) is 19.2. The minimum Gasteiger partial charge on any atom is -0.444 e. The van der Waals surface area contributed by atoms with E-state index in [-0.39, 0.29) is 24.5 Å². The molecule has 1 fully saturated rings. The number of pyridine rings is 1. The predicted molar refractivity (Wildman–Crippen MR) is 92.8 cm³/mol. The normalized spacial score (nSPS) is 20.2. The maximum atomic E-state index is 12.7. The average Bonchev–Trinajstić information content (AvgIpc) is 3.00. The lowest BCUT2D eigenvalue weighted by atomic mass is 9.99. The first-order valence-corrected chi connectivity index (χ1v) is 8.49. The molecule has 7 heteroatoms. The number of carbonyl (C=O) groups excluding carboxylic acids is 2. The summed E-state index contributed by atoms with van der Waals surface area (Å²) in [6, 6.07) is 5.62. The molecule has 2 amide bonds. The molecule has 0 radical (unpaired) electrons. The highest BCUT2D eigenvalue weighted by atomic mass is 16.6. The summed E-state index contributed by atoms with van der Waals surface area (Å²) < 4.78 is 10.8. The van der Waals surface area contributed by atoms with Crippen molar-refractivity contribution in [2.24, 2.45) is 5.92 Å². The summed E-state index contributed by atoms with van der Waals surface area (Å²) in [5, 5.41) is 2.69. The van der Waals surface area contributed by atoms with Gasteiger partial charge in [-0.15, -0.1) is 0 Å². The van der Waals surface area contributed by atoms with Gasteiger partial charge in [-0.05, 0) is 39.3 Å². The number of nitrogens with one attached hydrogen (secondary N) is 1. The molecule has 0 aliphatic carbocycles. The van der Waals surface area contributed by atoms with Crippen LogP contribution in [0.3, 0.4) is 0 Å². The van der Waals surface area contributed by atoms with Crippen molar-refractivity contribution in [2.75, 3.05) is 20.2 Å². The molecule has 0 saturated carbocycles. The van der Waals surface area contributed by atoms with Gasteiger partial charge < -0.3 is 19.7 Å². The smallest absolute Gasteiger partial charge is 0.407 e. The number of aromatic nitrogens is 1. The molecule has 0 unspecified atom stereocenters. The van der Waals surface area contributed by atoms with E-state index in [1.165, 1.54) is 0 Å². The van der Waals surface area contributed by atoms with Crippen LogP contribution < -0.4 is 5.32 Å². The number of ether oxygens (including phenoxy) is 2. The highest BCUT2D eigenvalue weighted by Gasteiger charge is 2.36. The number of alkyl carbamates (subject to hydrolysis) is 1. The SMILES string of the molecule is CN(Cc1ccccn1)C(=O)[C@H]1CCO[C@@H]1CNC(=O)OC(C)(C)C. The van der Waals surface area contributed by atoms with Crippen molar-refractivity contribution in [3.63, 3.8) is 0 Å². The van der Waals surface area contributed by atoms with E-state index in [9.17, 15) is 9.59 Å². The number of hydrogen-bond acceptors (Lipinski definition) is 5. The van der Waals surface area contributed by atoms with Crippen molar-refractivity contribution >= 4 is 12.0 Å². The zero-order valence-electron chi connectivity index (χ0n) is 15.3. The third kappa shape index (κ3) is 6.01. The molecule has 0 spiro atoms. The van der Waals surface area contributed by atoms with E-state index in [1.807, 2.05) is 18.2 Å². The Morgan fingerprint density at radius 2 is 2.16 bits per heavy atom. The van der Waals surface area contributed by atoms with Crippen LogP contribution in [0.15, 0.2) is 24.4 Å². The monoisotopic (exact) mass is 349 g/mol. The first-order chi connectivity index (χ1) is 11.8. The molecule has 1 aromatic heterocycles. The van der Waals surface area contributed by atoms with Crippen LogP contribution >= 0.6 is 0 Å². The van der Waals surface area contributed by atoms with E-state index >= 15 is 0 Å². The van der Waals surface area contributed by atoms with Crippen LogP contribution in [0.5, 0.6) is 0 Å². The lowest BCUT2D eigenvalue weighted by Gasteiger charge is -2.25. The van der Waals surface area contributed by atoms with Crippen LogP contribution in [-0.4, -0.2) is 53.8 Å². The van der Waals surface area contributed by atoms with Gasteiger partial charge in [-0.25, -0.2) is 4.79 Å². The summed E-state index contributed by atoms with van der Waals surface area (Å²) in [7, 11) is 1.76. The van der Waals surface area contributed by atoms with Crippen LogP contribution in [0.4, 0.5) is 4.79 Å². The Bertz CT molecular complexity index is 586. The Balaban J connectivity index is 1.87.